The Hall–Kier alpha value is -1.44. The van der Waals surface area contributed by atoms with Crippen molar-refractivity contribution >= 4 is 28.8 Å². The predicted octanol–water partition coefficient (Wildman–Crippen LogP) is 3.10. The number of benzene rings is 1. The van der Waals surface area contributed by atoms with E-state index in [9.17, 15) is 10.1 Å². The highest BCUT2D eigenvalue weighted by Gasteiger charge is 2.18. The van der Waals surface area contributed by atoms with E-state index in [1.54, 1.807) is 23.5 Å². The van der Waals surface area contributed by atoms with Crippen molar-refractivity contribution in [3.63, 3.8) is 0 Å². The fourth-order valence-corrected chi connectivity index (χ4v) is 4.01. The zero-order valence-corrected chi connectivity index (χ0v) is 12.2. The summed E-state index contributed by atoms with van der Waals surface area (Å²) in [6.07, 6.45) is 0. The summed E-state index contributed by atoms with van der Waals surface area (Å²) in [5, 5.41) is 17.2. The minimum absolute atomic E-state index is 0.106. The maximum absolute atomic E-state index is 10.6. The van der Waals surface area contributed by atoms with Crippen molar-refractivity contribution in [2.75, 3.05) is 18.1 Å². The molecule has 2 aromatic rings. The molecule has 0 aliphatic carbocycles. The van der Waals surface area contributed by atoms with Crippen LogP contribution in [0, 0.1) is 10.1 Å². The van der Waals surface area contributed by atoms with Gasteiger partial charge in [-0.2, -0.15) is 11.8 Å². The van der Waals surface area contributed by atoms with Gasteiger partial charge in [0, 0.05) is 41.1 Å². The predicted molar refractivity (Wildman–Crippen MR) is 82.3 cm³/mol. The topological polar surface area (TPSA) is 68.1 Å². The quantitative estimate of drug-likeness (QED) is 0.697. The Bertz CT molecular complexity index is 606. The number of thioether (sulfide) groups is 1. The summed E-state index contributed by atoms with van der Waals surface area (Å²) in [5.74, 6) is 2.20. The Labute approximate surface area is 124 Å². The Morgan fingerprint density at radius 2 is 2.15 bits per heavy atom. The molecule has 3 rings (SSSR count). The van der Waals surface area contributed by atoms with Crippen molar-refractivity contribution < 1.29 is 4.92 Å². The van der Waals surface area contributed by atoms with Crippen LogP contribution in [0.15, 0.2) is 29.6 Å². The highest BCUT2D eigenvalue weighted by atomic mass is 32.2. The molecule has 2 heterocycles. The van der Waals surface area contributed by atoms with Gasteiger partial charge < -0.3 is 5.32 Å². The van der Waals surface area contributed by atoms with Crippen LogP contribution in [-0.4, -0.2) is 28.0 Å². The van der Waals surface area contributed by atoms with Crippen LogP contribution in [0.2, 0.25) is 0 Å². The van der Waals surface area contributed by atoms with E-state index in [1.165, 1.54) is 12.1 Å². The number of nitro groups is 1. The number of non-ortho nitro benzene ring substituents is 1. The highest BCUT2D eigenvalue weighted by Crippen LogP contribution is 2.29. The van der Waals surface area contributed by atoms with Crippen molar-refractivity contribution in [3.8, 4) is 11.3 Å². The molecular formula is C13H13N3O2S2. The van der Waals surface area contributed by atoms with Gasteiger partial charge in [0.15, 0.2) is 0 Å². The molecule has 1 aromatic carbocycles. The molecule has 7 heteroatoms. The molecule has 0 radical (unpaired) electrons. The summed E-state index contributed by atoms with van der Waals surface area (Å²) in [6.45, 7) is 1.02. The fourth-order valence-electron chi connectivity index (χ4n) is 2.06. The number of rotatable bonds is 3. The normalized spacial score (nSPS) is 18.9. The Kier molecular flexibility index (Phi) is 4.00. The molecule has 20 heavy (non-hydrogen) atoms. The van der Waals surface area contributed by atoms with Crippen LogP contribution in [0.1, 0.15) is 11.0 Å². The van der Waals surface area contributed by atoms with Crippen LogP contribution < -0.4 is 5.32 Å². The SMILES string of the molecule is O=[N+]([O-])c1ccc(-c2csc(C3CSCCN3)n2)cc1. The molecule has 1 aliphatic heterocycles. The average molecular weight is 307 g/mol. The third-order valence-electron chi connectivity index (χ3n) is 3.12. The van der Waals surface area contributed by atoms with E-state index in [0.29, 0.717) is 6.04 Å². The summed E-state index contributed by atoms with van der Waals surface area (Å²) < 4.78 is 0. The molecule has 104 valence electrons. The Morgan fingerprint density at radius 3 is 2.80 bits per heavy atom. The number of aromatic nitrogens is 1. The molecule has 1 aromatic heterocycles. The molecule has 1 N–H and O–H groups in total. The van der Waals surface area contributed by atoms with E-state index < -0.39 is 0 Å². The third-order valence-corrected chi connectivity index (χ3v) is 5.14. The van der Waals surface area contributed by atoms with Crippen LogP contribution in [0.3, 0.4) is 0 Å². The van der Waals surface area contributed by atoms with E-state index in [1.807, 2.05) is 17.1 Å². The minimum Gasteiger partial charge on any atom is -0.306 e. The van der Waals surface area contributed by atoms with Gasteiger partial charge >= 0.3 is 0 Å². The summed E-state index contributed by atoms with van der Waals surface area (Å²) in [5.41, 5.74) is 1.91. The van der Waals surface area contributed by atoms with Crippen LogP contribution in [-0.2, 0) is 0 Å². The lowest BCUT2D eigenvalue weighted by Gasteiger charge is -2.20. The molecule has 0 saturated carbocycles. The largest absolute Gasteiger partial charge is 0.306 e. The highest BCUT2D eigenvalue weighted by molar-refractivity contribution is 7.99. The molecule has 1 atom stereocenters. The van der Waals surface area contributed by atoms with Crippen LogP contribution in [0.25, 0.3) is 11.3 Å². The lowest BCUT2D eigenvalue weighted by Crippen LogP contribution is -2.30. The lowest BCUT2D eigenvalue weighted by atomic mass is 10.1. The first-order valence-electron chi connectivity index (χ1n) is 6.25. The molecule has 5 nitrogen and oxygen atoms in total. The monoisotopic (exact) mass is 307 g/mol. The smallest absolute Gasteiger partial charge is 0.269 e. The average Bonchev–Trinajstić information content (AvgIpc) is 2.98. The molecule has 0 amide bonds. The first-order valence-corrected chi connectivity index (χ1v) is 8.29. The molecule has 1 fully saturated rings. The summed E-state index contributed by atoms with van der Waals surface area (Å²) in [4.78, 5) is 14.9. The maximum Gasteiger partial charge on any atom is 0.269 e. The number of nitro benzene ring substituents is 1. The second-order valence-corrected chi connectivity index (χ2v) is 6.50. The Morgan fingerprint density at radius 1 is 1.35 bits per heavy atom. The van der Waals surface area contributed by atoms with Gasteiger partial charge in [-0.1, -0.05) is 0 Å². The van der Waals surface area contributed by atoms with Crippen LogP contribution in [0.5, 0.6) is 0 Å². The van der Waals surface area contributed by atoms with Crippen LogP contribution >= 0.6 is 23.1 Å². The van der Waals surface area contributed by atoms with Gasteiger partial charge in [-0.15, -0.1) is 11.3 Å². The van der Waals surface area contributed by atoms with E-state index in [2.05, 4.69) is 10.3 Å². The zero-order valence-electron chi connectivity index (χ0n) is 10.6. The lowest BCUT2D eigenvalue weighted by molar-refractivity contribution is -0.384. The first-order chi connectivity index (χ1) is 9.74. The van der Waals surface area contributed by atoms with Crippen molar-refractivity contribution in [2.24, 2.45) is 0 Å². The standard InChI is InChI=1S/C13H13N3O2S2/c17-16(18)10-3-1-9(2-4-10)11-8-20-13(15-11)12-7-19-6-5-14-12/h1-4,8,12,14H,5-7H2. The zero-order chi connectivity index (χ0) is 13.9. The van der Waals surface area contributed by atoms with E-state index in [0.717, 1.165) is 34.3 Å². The van der Waals surface area contributed by atoms with Crippen molar-refractivity contribution in [3.05, 3.63) is 44.8 Å². The first kappa shape index (κ1) is 13.5. The van der Waals surface area contributed by atoms with Gasteiger partial charge in [-0.3, -0.25) is 10.1 Å². The summed E-state index contributed by atoms with van der Waals surface area (Å²) in [6, 6.07) is 6.86. The van der Waals surface area contributed by atoms with E-state index in [-0.39, 0.29) is 10.6 Å². The van der Waals surface area contributed by atoms with Gasteiger partial charge in [0.1, 0.15) is 5.01 Å². The maximum atomic E-state index is 10.6. The summed E-state index contributed by atoms with van der Waals surface area (Å²) >= 11 is 3.58. The molecular weight excluding hydrogens is 294 g/mol. The van der Waals surface area contributed by atoms with Gasteiger partial charge in [0.05, 0.1) is 16.7 Å². The van der Waals surface area contributed by atoms with Crippen molar-refractivity contribution in [1.82, 2.24) is 10.3 Å². The number of nitrogens with one attached hydrogen (secondary N) is 1. The third kappa shape index (κ3) is 2.84. The van der Waals surface area contributed by atoms with Crippen LogP contribution in [0.4, 0.5) is 5.69 Å². The minimum atomic E-state index is -0.389. The van der Waals surface area contributed by atoms with Gasteiger partial charge in [0.25, 0.3) is 5.69 Å². The Balaban J connectivity index is 1.80. The molecule has 0 spiro atoms. The molecule has 1 saturated heterocycles. The summed E-state index contributed by atoms with van der Waals surface area (Å²) in [7, 11) is 0. The second-order valence-electron chi connectivity index (χ2n) is 4.46. The van der Waals surface area contributed by atoms with E-state index >= 15 is 0 Å². The molecule has 1 aliphatic rings. The number of hydrogen-bond acceptors (Lipinski definition) is 6. The number of hydrogen-bond donors (Lipinski definition) is 1. The number of nitrogens with zero attached hydrogens (tertiary/aromatic N) is 2. The molecule has 1 unspecified atom stereocenters. The fraction of sp³-hybridized carbons (Fsp3) is 0.308. The van der Waals surface area contributed by atoms with Crippen molar-refractivity contribution in [1.29, 1.82) is 0 Å². The van der Waals surface area contributed by atoms with Gasteiger partial charge in [0.2, 0.25) is 0 Å². The van der Waals surface area contributed by atoms with E-state index in [4.69, 9.17) is 0 Å². The second kappa shape index (κ2) is 5.90. The van der Waals surface area contributed by atoms with Gasteiger partial charge in [-0.25, -0.2) is 4.98 Å². The molecule has 0 bridgehead atoms. The van der Waals surface area contributed by atoms with Crippen molar-refractivity contribution in [2.45, 2.75) is 6.04 Å². The number of thiazole rings is 1. The van der Waals surface area contributed by atoms with Gasteiger partial charge in [-0.05, 0) is 12.1 Å².